The first-order valence-corrected chi connectivity index (χ1v) is 4.10. The molecule has 0 aromatic carbocycles. The van der Waals surface area contributed by atoms with Crippen molar-refractivity contribution in [1.82, 2.24) is 5.32 Å². The summed E-state index contributed by atoms with van der Waals surface area (Å²) in [6.45, 7) is -0.0171. The van der Waals surface area contributed by atoms with E-state index in [-0.39, 0.29) is 13.0 Å². The van der Waals surface area contributed by atoms with E-state index < -0.39 is 30.7 Å². The molecular weight excluding hydrogens is 212 g/mol. The minimum absolute atomic E-state index is 0.0171. The lowest BCUT2D eigenvalue weighted by molar-refractivity contribution is -0.242. The highest BCUT2D eigenvalue weighted by Gasteiger charge is 2.55. The van der Waals surface area contributed by atoms with E-state index in [0.29, 0.717) is 0 Å². The molecule has 1 rings (SSSR count). The third-order valence-corrected chi connectivity index (χ3v) is 2.23. The van der Waals surface area contributed by atoms with Crippen molar-refractivity contribution in [3.8, 4) is 0 Å². The second kappa shape index (κ2) is 3.60. The van der Waals surface area contributed by atoms with E-state index in [4.69, 9.17) is 0 Å². The minimum Gasteiger partial charge on any atom is -0.306 e. The van der Waals surface area contributed by atoms with Crippen LogP contribution in [0, 0.1) is 5.92 Å². The van der Waals surface area contributed by atoms with E-state index in [0.717, 1.165) is 0 Å². The fourth-order valence-electron chi connectivity index (χ4n) is 1.58. The van der Waals surface area contributed by atoms with Crippen LogP contribution in [0.4, 0.5) is 26.3 Å². The molecule has 1 aliphatic heterocycles. The molecule has 0 spiro atoms. The van der Waals surface area contributed by atoms with Crippen LogP contribution in [0.25, 0.3) is 0 Å². The Morgan fingerprint density at radius 1 is 0.929 bits per heavy atom. The van der Waals surface area contributed by atoms with Gasteiger partial charge in [-0.1, -0.05) is 0 Å². The molecule has 1 heterocycles. The van der Waals surface area contributed by atoms with Crippen LogP contribution in [0.15, 0.2) is 0 Å². The predicted octanol–water partition coefficient (Wildman–Crippen LogP) is 2.48. The number of nitrogens with one attached hydrogen (secondary N) is 1. The lowest BCUT2D eigenvalue weighted by Crippen LogP contribution is -2.55. The summed E-state index contributed by atoms with van der Waals surface area (Å²) in [5.74, 6) is -2.31. The van der Waals surface area contributed by atoms with Crippen molar-refractivity contribution in [3.63, 3.8) is 0 Å². The second-order valence-electron chi connectivity index (χ2n) is 3.26. The molecule has 0 bridgehead atoms. The molecule has 0 aromatic heterocycles. The van der Waals surface area contributed by atoms with Crippen LogP contribution in [0.3, 0.4) is 0 Å². The smallest absolute Gasteiger partial charge is 0.306 e. The standard InChI is InChI=1S/C7H9F6N/c8-6(9,10)4-2-1-3-14-5(4)7(11,12)13/h4-5,14H,1-3H2/t4-,5-/m1/s1. The Kier molecular flexibility index (Phi) is 2.99. The van der Waals surface area contributed by atoms with Crippen LogP contribution in [-0.2, 0) is 0 Å². The average molecular weight is 221 g/mol. The van der Waals surface area contributed by atoms with Gasteiger partial charge < -0.3 is 5.32 Å². The summed E-state index contributed by atoms with van der Waals surface area (Å²) in [5, 5.41) is 1.87. The number of rotatable bonds is 0. The first kappa shape index (κ1) is 11.6. The number of hydrogen-bond donors (Lipinski definition) is 1. The summed E-state index contributed by atoms with van der Waals surface area (Å²) < 4.78 is 73.0. The molecule has 1 N–H and O–H groups in total. The molecule has 1 nitrogen and oxygen atoms in total. The molecule has 0 amide bonds. The predicted molar refractivity (Wildman–Crippen MR) is 36.6 cm³/mol. The molecule has 0 unspecified atom stereocenters. The van der Waals surface area contributed by atoms with Gasteiger partial charge in [-0.3, -0.25) is 0 Å². The molecule has 84 valence electrons. The number of piperidine rings is 1. The maximum atomic E-state index is 12.2. The zero-order chi connectivity index (χ0) is 11.0. The van der Waals surface area contributed by atoms with Crippen molar-refractivity contribution in [2.75, 3.05) is 6.54 Å². The van der Waals surface area contributed by atoms with Crippen molar-refractivity contribution in [3.05, 3.63) is 0 Å². The third-order valence-electron chi connectivity index (χ3n) is 2.23. The molecule has 1 aliphatic rings. The summed E-state index contributed by atoms with van der Waals surface area (Å²) in [7, 11) is 0. The van der Waals surface area contributed by atoms with Crippen LogP contribution in [-0.4, -0.2) is 24.9 Å². The molecule has 0 aliphatic carbocycles. The van der Waals surface area contributed by atoms with Gasteiger partial charge >= 0.3 is 12.4 Å². The van der Waals surface area contributed by atoms with Gasteiger partial charge in [0.05, 0.1) is 5.92 Å². The normalized spacial score (nSPS) is 30.4. The van der Waals surface area contributed by atoms with Crippen molar-refractivity contribution >= 4 is 0 Å². The first-order chi connectivity index (χ1) is 6.23. The van der Waals surface area contributed by atoms with Crippen LogP contribution in [0.2, 0.25) is 0 Å². The highest BCUT2D eigenvalue weighted by Crippen LogP contribution is 2.40. The van der Waals surface area contributed by atoms with Gasteiger partial charge in [0.2, 0.25) is 0 Å². The topological polar surface area (TPSA) is 12.0 Å². The van der Waals surface area contributed by atoms with Gasteiger partial charge in [0.25, 0.3) is 0 Å². The molecule has 2 atom stereocenters. The van der Waals surface area contributed by atoms with Crippen LogP contribution in [0.5, 0.6) is 0 Å². The Hall–Kier alpha value is -0.460. The van der Waals surface area contributed by atoms with Gasteiger partial charge in [-0.05, 0) is 19.4 Å². The van der Waals surface area contributed by atoms with Crippen LogP contribution >= 0.6 is 0 Å². The number of alkyl halides is 6. The maximum Gasteiger partial charge on any atom is 0.404 e. The monoisotopic (exact) mass is 221 g/mol. The summed E-state index contributed by atoms with van der Waals surface area (Å²) >= 11 is 0. The fourth-order valence-corrected chi connectivity index (χ4v) is 1.58. The zero-order valence-electron chi connectivity index (χ0n) is 7.04. The second-order valence-corrected chi connectivity index (χ2v) is 3.26. The van der Waals surface area contributed by atoms with E-state index in [2.05, 4.69) is 0 Å². The van der Waals surface area contributed by atoms with Gasteiger partial charge in [0.1, 0.15) is 6.04 Å². The van der Waals surface area contributed by atoms with Crippen molar-refractivity contribution in [2.24, 2.45) is 5.92 Å². The lowest BCUT2D eigenvalue weighted by atomic mass is 9.90. The SMILES string of the molecule is FC(F)(F)[C@@H]1CCCN[C@H]1C(F)(F)F. The minimum atomic E-state index is -4.83. The van der Waals surface area contributed by atoms with Gasteiger partial charge in [0.15, 0.2) is 0 Å². The lowest BCUT2D eigenvalue weighted by Gasteiger charge is -2.34. The highest BCUT2D eigenvalue weighted by molar-refractivity contribution is 4.90. The largest absolute Gasteiger partial charge is 0.404 e. The van der Waals surface area contributed by atoms with E-state index in [1.165, 1.54) is 0 Å². The quantitative estimate of drug-likeness (QED) is 0.619. The third kappa shape index (κ3) is 2.52. The summed E-state index contributed by atoms with van der Waals surface area (Å²) in [4.78, 5) is 0. The molecule has 0 aromatic rings. The molecule has 1 saturated heterocycles. The van der Waals surface area contributed by atoms with Gasteiger partial charge in [0, 0.05) is 0 Å². The summed E-state index contributed by atoms with van der Waals surface area (Å²) in [6, 6.07) is -2.45. The molecule has 1 fully saturated rings. The molecule has 7 heteroatoms. The van der Waals surface area contributed by atoms with Gasteiger partial charge in [-0.25, -0.2) is 0 Å². The Morgan fingerprint density at radius 2 is 1.50 bits per heavy atom. The van der Waals surface area contributed by atoms with E-state index >= 15 is 0 Å². The maximum absolute atomic E-state index is 12.2. The van der Waals surface area contributed by atoms with E-state index in [1.54, 1.807) is 0 Å². The van der Waals surface area contributed by atoms with Crippen molar-refractivity contribution in [2.45, 2.75) is 31.2 Å². The molecule has 0 radical (unpaired) electrons. The Bertz CT molecular complexity index is 173. The number of halogens is 6. The molecule has 0 saturated carbocycles. The first-order valence-electron chi connectivity index (χ1n) is 4.10. The molecular formula is C7H9F6N. The average Bonchev–Trinajstić information content (AvgIpc) is 2.01. The van der Waals surface area contributed by atoms with Crippen LogP contribution < -0.4 is 5.32 Å². The van der Waals surface area contributed by atoms with E-state index in [9.17, 15) is 26.3 Å². The van der Waals surface area contributed by atoms with Crippen LogP contribution in [0.1, 0.15) is 12.8 Å². The van der Waals surface area contributed by atoms with E-state index in [1.807, 2.05) is 5.32 Å². The summed E-state index contributed by atoms with van der Waals surface area (Å²) in [6.07, 6.45) is -9.95. The highest BCUT2D eigenvalue weighted by atomic mass is 19.4. The number of hydrogen-bond acceptors (Lipinski definition) is 1. The van der Waals surface area contributed by atoms with Gasteiger partial charge in [-0.2, -0.15) is 26.3 Å². The van der Waals surface area contributed by atoms with Crippen molar-refractivity contribution < 1.29 is 26.3 Å². The summed E-state index contributed by atoms with van der Waals surface area (Å²) in [5.41, 5.74) is 0. The molecule has 14 heavy (non-hydrogen) atoms. The van der Waals surface area contributed by atoms with Gasteiger partial charge in [-0.15, -0.1) is 0 Å². The fraction of sp³-hybridized carbons (Fsp3) is 1.00. The Labute approximate surface area is 76.5 Å². The zero-order valence-corrected chi connectivity index (χ0v) is 7.04. The Morgan fingerprint density at radius 3 is 1.86 bits per heavy atom. The Balaban J connectivity index is 2.80. The van der Waals surface area contributed by atoms with Crippen molar-refractivity contribution in [1.29, 1.82) is 0 Å².